The summed E-state index contributed by atoms with van der Waals surface area (Å²) in [5.74, 6) is 1.14. The third-order valence-electron chi connectivity index (χ3n) is 4.38. The van der Waals surface area contributed by atoms with E-state index in [2.05, 4.69) is 0 Å². The van der Waals surface area contributed by atoms with Crippen LogP contribution in [0.2, 0.25) is 0 Å². The van der Waals surface area contributed by atoms with E-state index in [-0.39, 0.29) is 5.75 Å². The second-order valence-electron chi connectivity index (χ2n) is 6.21. The van der Waals surface area contributed by atoms with Crippen LogP contribution in [-0.2, 0) is 22.3 Å². The Balaban J connectivity index is 1.58. The van der Waals surface area contributed by atoms with E-state index >= 15 is 0 Å². The minimum atomic E-state index is -1.09. The Morgan fingerprint density at radius 1 is 1.29 bits per heavy atom. The molecule has 1 aromatic carbocycles. The molecule has 0 aliphatic heterocycles. The number of aromatic nitrogens is 1. The van der Waals surface area contributed by atoms with Gasteiger partial charge in [0.15, 0.2) is 11.6 Å². The number of halogens is 1. The molecule has 0 amide bonds. The highest BCUT2D eigenvalue weighted by Crippen LogP contribution is 2.34. The number of benzene rings is 1. The highest BCUT2D eigenvalue weighted by Gasteiger charge is 2.19. The monoisotopic (exact) mass is 367 g/mol. The maximum atomic E-state index is 13.7. The van der Waals surface area contributed by atoms with Crippen LogP contribution in [0.1, 0.15) is 54.3 Å². The largest absolute Gasteiger partial charge is 0.494 e. The van der Waals surface area contributed by atoms with E-state index in [4.69, 9.17) is 9.72 Å². The van der Waals surface area contributed by atoms with Crippen LogP contribution >= 0.6 is 11.3 Å². The average molecular weight is 368 g/mol. The summed E-state index contributed by atoms with van der Waals surface area (Å²) < 4.78 is 31.0. The fraction of sp³-hybridized carbons (Fsp3) is 0.500. The first-order valence-corrected chi connectivity index (χ1v) is 10.6. The maximum absolute atomic E-state index is 13.7. The van der Waals surface area contributed by atoms with Crippen molar-refractivity contribution in [1.82, 2.24) is 4.98 Å². The molecule has 1 aromatic heterocycles. The molecule has 3 rings (SSSR count). The molecule has 0 saturated heterocycles. The third kappa shape index (κ3) is 4.42. The lowest BCUT2D eigenvalue weighted by atomic mass is 9.90. The van der Waals surface area contributed by atoms with Gasteiger partial charge in [-0.3, -0.25) is 4.21 Å². The molecule has 0 bridgehead atoms. The lowest BCUT2D eigenvalue weighted by Crippen LogP contribution is -2.05. The van der Waals surface area contributed by atoms with Crippen molar-refractivity contribution >= 4 is 22.1 Å². The highest BCUT2D eigenvalue weighted by molar-refractivity contribution is 7.83. The maximum Gasteiger partial charge on any atom is 0.165 e. The summed E-state index contributed by atoms with van der Waals surface area (Å²) in [6.07, 6.45) is 6.35. The van der Waals surface area contributed by atoms with Crippen molar-refractivity contribution in [1.29, 1.82) is 0 Å². The predicted molar refractivity (Wildman–Crippen MR) is 96.4 cm³/mol. The molecular formula is C18H22FNO2S2. The summed E-state index contributed by atoms with van der Waals surface area (Å²) in [4.78, 5) is 4.69. The number of nitrogens with zero attached hydrogens (tertiary/aromatic N) is 1. The molecule has 1 aliphatic rings. The van der Waals surface area contributed by atoms with Gasteiger partial charge < -0.3 is 4.74 Å². The number of hydrogen-bond donors (Lipinski definition) is 0. The molecule has 0 N–H and O–H groups in total. The molecule has 1 atom stereocenters. The third-order valence-corrected chi connectivity index (χ3v) is 6.71. The number of ether oxygens (including phenoxy) is 1. The first-order valence-electron chi connectivity index (χ1n) is 8.27. The zero-order valence-electron chi connectivity index (χ0n) is 13.8. The van der Waals surface area contributed by atoms with Crippen LogP contribution < -0.4 is 4.74 Å². The van der Waals surface area contributed by atoms with Gasteiger partial charge in [0, 0.05) is 27.9 Å². The van der Waals surface area contributed by atoms with E-state index < -0.39 is 16.6 Å². The first-order chi connectivity index (χ1) is 11.7. The molecular weight excluding hydrogens is 345 g/mol. The first kappa shape index (κ1) is 17.5. The normalized spacial score (nSPS) is 16.9. The Kier molecular flexibility index (Phi) is 6.00. The SMILES string of the molecule is COc1ccc(CS(=O)Cc2csc(C3CCCCC3)n2)cc1F. The molecule has 0 radical (unpaired) electrons. The summed E-state index contributed by atoms with van der Waals surface area (Å²) >= 11 is 1.69. The lowest BCUT2D eigenvalue weighted by molar-refractivity contribution is 0.386. The van der Waals surface area contributed by atoms with Crippen molar-refractivity contribution in [2.45, 2.75) is 49.5 Å². The van der Waals surface area contributed by atoms with Gasteiger partial charge in [-0.15, -0.1) is 11.3 Å². The predicted octanol–water partition coefficient (Wildman–Crippen LogP) is 4.79. The van der Waals surface area contributed by atoms with E-state index in [1.807, 2.05) is 5.38 Å². The van der Waals surface area contributed by atoms with Crippen molar-refractivity contribution in [3.63, 3.8) is 0 Å². The zero-order valence-corrected chi connectivity index (χ0v) is 15.4. The van der Waals surface area contributed by atoms with Gasteiger partial charge in [-0.25, -0.2) is 9.37 Å². The summed E-state index contributed by atoms with van der Waals surface area (Å²) in [7, 11) is 0.339. The van der Waals surface area contributed by atoms with Crippen LogP contribution in [-0.4, -0.2) is 16.3 Å². The number of thiazole rings is 1. The van der Waals surface area contributed by atoms with Crippen LogP contribution in [0, 0.1) is 5.82 Å². The lowest BCUT2D eigenvalue weighted by Gasteiger charge is -2.18. The molecule has 24 heavy (non-hydrogen) atoms. The molecule has 1 aliphatic carbocycles. The topological polar surface area (TPSA) is 39.2 Å². The minimum absolute atomic E-state index is 0.209. The van der Waals surface area contributed by atoms with Crippen molar-refractivity contribution in [2.75, 3.05) is 7.11 Å². The van der Waals surface area contributed by atoms with Gasteiger partial charge in [-0.2, -0.15) is 0 Å². The molecule has 0 spiro atoms. The Labute approximate surface area is 148 Å². The standard InChI is InChI=1S/C18H22FNO2S2/c1-22-17-8-7-13(9-16(17)19)11-24(21)12-15-10-23-18(20-15)14-5-3-2-4-6-14/h7-10,14H,2-6,11-12H2,1H3. The van der Waals surface area contributed by atoms with Crippen molar-refractivity contribution in [2.24, 2.45) is 0 Å². The zero-order chi connectivity index (χ0) is 16.9. The highest BCUT2D eigenvalue weighted by atomic mass is 32.2. The Morgan fingerprint density at radius 3 is 2.79 bits per heavy atom. The molecule has 1 saturated carbocycles. The van der Waals surface area contributed by atoms with Gasteiger partial charge in [0.2, 0.25) is 0 Å². The van der Waals surface area contributed by atoms with Gasteiger partial charge in [-0.1, -0.05) is 25.3 Å². The summed E-state index contributed by atoms with van der Waals surface area (Å²) in [5, 5.41) is 3.22. The number of rotatable bonds is 6. The fourth-order valence-corrected chi connectivity index (χ4v) is 5.36. The van der Waals surface area contributed by atoms with Crippen molar-refractivity contribution in [3.05, 3.63) is 45.7 Å². The van der Waals surface area contributed by atoms with Gasteiger partial charge in [0.05, 0.1) is 23.6 Å². The van der Waals surface area contributed by atoms with E-state index in [9.17, 15) is 8.60 Å². The second-order valence-corrected chi connectivity index (χ2v) is 8.56. The summed E-state index contributed by atoms with van der Waals surface area (Å²) in [5.41, 5.74) is 1.61. The fourth-order valence-electron chi connectivity index (χ4n) is 3.13. The summed E-state index contributed by atoms with van der Waals surface area (Å²) in [6, 6.07) is 4.73. The quantitative estimate of drug-likeness (QED) is 0.737. The molecule has 2 aromatic rings. The molecule has 3 nitrogen and oxygen atoms in total. The van der Waals surface area contributed by atoms with Crippen LogP contribution in [0.4, 0.5) is 4.39 Å². The number of methoxy groups -OCH3 is 1. The second kappa shape index (κ2) is 8.21. The smallest absolute Gasteiger partial charge is 0.165 e. The number of hydrogen-bond acceptors (Lipinski definition) is 4. The molecule has 1 unspecified atom stereocenters. The Morgan fingerprint density at radius 2 is 2.08 bits per heavy atom. The minimum Gasteiger partial charge on any atom is -0.494 e. The van der Waals surface area contributed by atoms with E-state index in [1.54, 1.807) is 23.5 Å². The molecule has 6 heteroatoms. The average Bonchev–Trinajstić information content (AvgIpc) is 3.04. The molecule has 1 fully saturated rings. The van der Waals surface area contributed by atoms with Gasteiger partial charge in [0.1, 0.15) is 0 Å². The Hall–Kier alpha value is -1.27. The van der Waals surface area contributed by atoms with Crippen LogP contribution in [0.15, 0.2) is 23.6 Å². The van der Waals surface area contributed by atoms with Crippen LogP contribution in [0.25, 0.3) is 0 Å². The van der Waals surface area contributed by atoms with Crippen molar-refractivity contribution < 1.29 is 13.3 Å². The molecule has 130 valence electrons. The van der Waals surface area contributed by atoms with Crippen LogP contribution in [0.5, 0.6) is 5.75 Å². The van der Waals surface area contributed by atoms with Crippen molar-refractivity contribution in [3.8, 4) is 5.75 Å². The van der Waals surface area contributed by atoms with Crippen LogP contribution in [0.3, 0.4) is 0 Å². The Bertz CT molecular complexity index is 711. The van der Waals surface area contributed by atoms with Gasteiger partial charge in [-0.05, 0) is 30.5 Å². The van der Waals surface area contributed by atoms with Gasteiger partial charge in [0.25, 0.3) is 0 Å². The molecule has 1 heterocycles. The van der Waals surface area contributed by atoms with E-state index in [0.29, 0.717) is 17.4 Å². The van der Waals surface area contributed by atoms with E-state index in [0.717, 1.165) is 11.3 Å². The van der Waals surface area contributed by atoms with E-state index in [1.165, 1.54) is 50.3 Å². The summed E-state index contributed by atoms with van der Waals surface area (Å²) in [6.45, 7) is 0. The van der Waals surface area contributed by atoms with Gasteiger partial charge >= 0.3 is 0 Å².